The first-order valence-corrected chi connectivity index (χ1v) is 7.77. The van der Waals surface area contributed by atoms with E-state index in [1.807, 2.05) is 26.0 Å². The van der Waals surface area contributed by atoms with Crippen molar-refractivity contribution in [2.24, 2.45) is 11.8 Å². The summed E-state index contributed by atoms with van der Waals surface area (Å²) in [6.07, 6.45) is 5.19. The predicted molar refractivity (Wildman–Crippen MR) is 85.0 cm³/mol. The van der Waals surface area contributed by atoms with Gasteiger partial charge < -0.3 is 10.6 Å². The average molecular weight is 274 g/mol. The molecule has 1 fully saturated rings. The zero-order valence-corrected chi connectivity index (χ0v) is 12.8. The van der Waals surface area contributed by atoms with Crippen LogP contribution in [-0.2, 0) is 4.79 Å². The van der Waals surface area contributed by atoms with Gasteiger partial charge in [0.15, 0.2) is 0 Å². The Balaban J connectivity index is 1.93. The maximum Gasteiger partial charge on any atom is 0.226 e. The van der Waals surface area contributed by atoms with Gasteiger partial charge in [-0.05, 0) is 43.0 Å². The molecule has 0 aliphatic heterocycles. The molecule has 110 valence electrons. The molecule has 1 aromatic rings. The third-order valence-electron chi connectivity index (χ3n) is 4.21. The van der Waals surface area contributed by atoms with Gasteiger partial charge in [0, 0.05) is 23.3 Å². The number of amides is 1. The van der Waals surface area contributed by atoms with Crippen molar-refractivity contribution in [2.75, 3.05) is 10.6 Å². The van der Waals surface area contributed by atoms with Crippen molar-refractivity contribution in [2.45, 2.75) is 52.5 Å². The molecule has 3 heteroatoms. The maximum atomic E-state index is 11.6. The molecule has 2 N–H and O–H groups in total. The van der Waals surface area contributed by atoms with E-state index in [0.29, 0.717) is 6.04 Å². The van der Waals surface area contributed by atoms with Gasteiger partial charge in [0.05, 0.1) is 0 Å². The summed E-state index contributed by atoms with van der Waals surface area (Å²) in [5.74, 6) is 0.875. The minimum atomic E-state index is 0.0107. The highest BCUT2D eigenvalue weighted by atomic mass is 16.1. The Kier molecular flexibility index (Phi) is 5.05. The second-order valence-electron chi connectivity index (χ2n) is 6.07. The van der Waals surface area contributed by atoms with E-state index in [-0.39, 0.29) is 11.8 Å². The van der Waals surface area contributed by atoms with Gasteiger partial charge in [0.25, 0.3) is 0 Å². The van der Waals surface area contributed by atoms with Crippen LogP contribution < -0.4 is 10.6 Å². The Bertz CT molecular complexity index is 439. The SMILES string of the molecule is CCC1CCCC1Nc1ccc(NC(=O)C(C)C)cc1. The number of rotatable bonds is 5. The lowest BCUT2D eigenvalue weighted by Crippen LogP contribution is -2.23. The van der Waals surface area contributed by atoms with Crippen molar-refractivity contribution in [1.29, 1.82) is 0 Å². The van der Waals surface area contributed by atoms with E-state index in [1.54, 1.807) is 0 Å². The second kappa shape index (κ2) is 6.78. The highest BCUT2D eigenvalue weighted by Crippen LogP contribution is 2.30. The quantitative estimate of drug-likeness (QED) is 0.841. The number of hydrogen-bond donors (Lipinski definition) is 2. The number of hydrogen-bond acceptors (Lipinski definition) is 2. The second-order valence-corrected chi connectivity index (χ2v) is 6.07. The molecule has 0 spiro atoms. The maximum absolute atomic E-state index is 11.6. The standard InChI is InChI=1S/C17H26N2O/c1-4-13-6-5-7-16(13)18-14-8-10-15(11-9-14)19-17(20)12(2)3/h8-13,16,18H,4-7H2,1-3H3,(H,19,20). The van der Waals surface area contributed by atoms with Gasteiger partial charge >= 0.3 is 0 Å². The van der Waals surface area contributed by atoms with E-state index in [9.17, 15) is 4.79 Å². The summed E-state index contributed by atoms with van der Waals surface area (Å²) in [6.45, 7) is 6.07. The van der Waals surface area contributed by atoms with Crippen LogP contribution in [0.5, 0.6) is 0 Å². The molecular formula is C17H26N2O. The largest absolute Gasteiger partial charge is 0.382 e. The van der Waals surface area contributed by atoms with E-state index in [1.165, 1.54) is 25.7 Å². The van der Waals surface area contributed by atoms with Gasteiger partial charge in [0.2, 0.25) is 5.91 Å². The summed E-state index contributed by atoms with van der Waals surface area (Å²) in [7, 11) is 0. The van der Waals surface area contributed by atoms with Crippen LogP contribution in [0, 0.1) is 11.8 Å². The summed E-state index contributed by atoms with van der Waals surface area (Å²) >= 11 is 0. The zero-order chi connectivity index (χ0) is 14.5. The van der Waals surface area contributed by atoms with Gasteiger partial charge in [-0.3, -0.25) is 4.79 Å². The van der Waals surface area contributed by atoms with Crippen LogP contribution in [0.25, 0.3) is 0 Å². The number of benzene rings is 1. The smallest absolute Gasteiger partial charge is 0.226 e. The molecule has 0 aromatic heterocycles. The highest BCUT2D eigenvalue weighted by molar-refractivity contribution is 5.92. The van der Waals surface area contributed by atoms with Crippen LogP contribution in [0.2, 0.25) is 0 Å². The van der Waals surface area contributed by atoms with E-state index in [4.69, 9.17) is 0 Å². The number of nitrogens with one attached hydrogen (secondary N) is 2. The summed E-state index contributed by atoms with van der Waals surface area (Å²) < 4.78 is 0. The van der Waals surface area contributed by atoms with Gasteiger partial charge in [0.1, 0.15) is 0 Å². The fourth-order valence-corrected chi connectivity index (χ4v) is 2.87. The number of anilines is 2. The molecule has 2 unspecified atom stereocenters. The van der Waals surface area contributed by atoms with Crippen molar-refractivity contribution in [3.63, 3.8) is 0 Å². The monoisotopic (exact) mass is 274 g/mol. The first kappa shape index (κ1) is 14.9. The molecule has 0 heterocycles. The Morgan fingerprint density at radius 3 is 2.45 bits per heavy atom. The Morgan fingerprint density at radius 1 is 1.20 bits per heavy atom. The summed E-state index contributed by atoms with van der Waals surface area (Å²) in [6, 6.07) is 8.66. The first-order chi connectivity index (χ1) is 9.60. The van der Waals surface area contributed by atoms with E-state index in [2.05, 4.69) is 29.7 Å². The van der Waals surface area contributed by atoms with Crippen LogP contribution in [0.3, 0.4) is 0 Å². The lowest BCUT2D eigenvalue weighted by Gasteiger charge is -2.21. The lowest BCUT2D eigenvalue weighted by atomic mass is 10.0. The molecule has 2 rings (SSSR count). The van der Waals surface area contributed by atoms with E-state index < -0.39 is 0 Å². The van der Waals surface area contributed by atoms with Crippen molar-refractivity contribution in [1.82, 2.24) is 0 Å². The Hall–Kier alpha value is -1.51. The van der Waals surface area contributed by atoms with Gasteiger partial charge in [-0.15, -0.1) is 0 Å². The normalized spacial score (nSPS) is 22.0. The van der Waals surface area contributed by atoms with Crippen molar-refractivity contribution >= 4 is 17.3 Å². The summed E-state index contributed by atoms with van der Waals surface area (Å²) in [5.41, 5.74) is 2.02. The van der Waals surface area contributed by atoms with Crippen LogP contribution in [-0.4, -0.2) is 11.9 Å². The van der Waals surface area contributed by atoms with Crippen LogP contribution in [0.1, 0.15) is 46.5 Å². The summed E-state index contributed by atoms with van der Waals surface area (Å²) in [5, 5.41) is 6.55. The first-order valence-electron chi connectivity index (χ1n) is 7.77. The van der Waals surface area contributed by atoms with Crippen molar-refractivity contribution < 1.29 is 4.79 Å². The molecule has 1 amide bonds. The number of carbonyl (C=O) groups is 1. The molecule has 1 aliphatic rings. The van der Waals surface area contributed by atoms with Crippen LogP contribution in [0.15, 0.2) is 24.3 Å². The van der Waals surface area contributed by atoms with Crippen LogP contribution in [0.4, 0.5) is 11.4 Å². The molecule has 0 bridgehead atoms. The summed E-state index contributed by atoms with van der Waals surface area (Å²) in [4.78, 5) is 11.6. The third kappa shape index (κ3) is 3.75. The third-order valence-corrected chi connectivity index (χ3v) is 4.21. The van der Waals surface area contributed by atoms with Gasteiger partial charge in [-0.2, -0.15) is 0 Å². The highest BCUT2D eigenvalue weighted by Gasteiger charge is 2.25. The molecule has 3 nitrogen and oxygen atoms in total. The van der Waals surface area contributed by atoms with Crippen molar-refractivity contribution in [3.8, 4) is 0 Å². The zero-order valence-electron chi connectivity index (χ0n) is 12.8. The Labute approximate surface area is 122 Å². The average Bonchev–Trinajstić information content (AvgIpc) is 2.88. The van der Waals surface area contributed by atoms with E-state index in [0.717, 1.165) is 17.3 Å². The van der Waals surface area contributed by atoms with Gasteiger partial charge in [-0.1, -0.05) is 33.6 Å². The molecule has 1 aliphatic carbocycles. The van der Waals surface area contributed by atoms with Gasteiger partial charge in [-0.25, -0.2) is 0 Å². The lowest BCUT2D eigenvalue weighted by molar-refractivity contribution is -0.118. The molecular weight excluding hydrogens is 248 g/mol. The topological polar surface area (TPSA) is 41.1 Å². The molecule has 0 saturated heterocycles. The predicted octanol–water partition coefficient (Wildman–Crippen LogP) is 4.27. The minimum absolute atomic E-state index is 0.0107. The molecule has 2 atom stereocenters. The van der Waals surface area contributed by atoms with Crippen LogP contribution >= 0.6 is 0 Å². The Morgan fingerprint density at radius 2 is 1.85 bits per heavy atom. The number of carbonyl (C=O) groups excluding carboxylic acids is 1. The molecule has 1 saturated carbocycles. The van der Waals surface area contributed by atoms with E-state index >= 15 is 0 Å². The van der Waals surface area contributed by atoms with Crippen molar-refractivity contribution in [3.05, 3.63) is 24.3 Å². The molecule has 1 aromatic carbocycles. The molecule has 20 heavy (non-hydrogen) atoms. The minimum Gasteiger partial charge on any atom is -0.382 e. The molecule has 0 radical (unpaired) electrons. The fourth-order valence-electron chi connectivity index (χ4n) is 2.87. The fraction of sp³-hybridized carbons (Fsp3) is 0.588.